The maximum absolute atomic E-state index is 8.81. The van der Waals surface area contributed by atoms with Crippen LogP contribution in [0.4, 0.5) is 0 Å². The molecule has 0 unspecified atom stereocenters. The first-order chi connectivity index (χ1) is 1.41. The van der Waals surface area contributed by atoms with Gasteiger partial charge in [0.05, 0.1) is 0 Å². The monoisotopic (exact) mass is 122 g/mol. The van der Waals surface area contributed by atoms with Gasteiger partial charge in [-0.05, 0) is 6.92 Å². The first-order valence-corrected chi connectivity index (χ1v) is 0.813. The van der Waals surface area contributed by atoms with E-state index >= 15 is 0 Å². The largest absolute Gasteiger partial charge is 1.00 e. The van der Waals surface area contributed by atoms with E-state index in [2.05, 4.69) is 0 Å². The van der Waals surface area contributed by atoms with E-state index in [0.29, 0.717) is 0 Å². The van der Waals surface area contributed by atoms with Gasteiger partial charge in [0.2, 0.25) is 0 Å². The Morgan fingerprint density at radius 3 is 1.29 bits per heavy atom. The molecule has 0 aromatic rings. The molecule has 5 heteroatoms. The van der Waals surface area contributed by atoms with E-state index in [1.54, 1.807) is 0 Å². The van der Waals surface area contributed by atoms with E-state index in [4.69, 9.17) is 4.79 Å². The summed E-state index contributed by atoms with van der Waals surface area (Å²) in [5.74, 6) is 0. The van der Waals surface area contributed by atoms with Gasteiger partial charge in [-0.25, -0.2) is 0 Å². The molecule has 0 heterocycles. The SMILES string of the molecule is CC=O.O.O.O.[H-].[Na+]. The van der Waals surface area contributed by atoms with Crippen molar-refractivity contribution in [3.63, 3.8) is 0 Å². The molecule has 0 saturated carbocycles. The molecule has 0 aliphatic heterocycles. The van der Waals surface area contributed by atoms with E-state index in [1.165, 1.54) is 6.92 Å². The molecule has 0 aliphatic rings. The zero-order chi connectivity index (χ0) is 2.71. The second kappa shape index (κ2) is 84.0. The molecule has 0 aromatic carbocycles. The third-order valence-corrected chi connectivity index (χ3v) is 0. The molecule has 0 spiro atoms. The molecule has 0 amide bonds. The standard InChI is InChI=1S/C2H4O.Na.3H2O.H/c1-2-3;;;;;/h2H,1H3;;3*1H2;/q;+1;;;;-1. The van der Waals surface area contributed by atoms with Crippen LogP contribution in [0.5, 0.6) is 0 Å². The molecule has 4 nitrogen and oxygen atoms in total. The van der Waals surface area contributed by atoms with Crippen molar-refractivity contribution >= 4 is 6.29 Å². The van der Waals surface area contributed by atoms with Crippen LogP contribution in [-0.4, -0.2) is 22.7 Å². The first kappa shape index (κ1) is 49.8. The maximum Gasteiger partial charge on any atom is 1.00 e. The Morgan fingerprint density at radius 2 is 1.29 bits per heavy atom. The van der Waals surface area contributed by atoms with Gasteiger partial charge < -0.3 is 22.6 Å². The number of rotatable bonds is 0. The molecule has 6 N–H and O–H groups in total. The molecule has 44 valence electrons. The van der Waals surface area contributed by atoms with E-state index in [-0.39, 0.29) is 47.4 Å². The summed E-state index contributed by atoms with van der Waals surface area (Å²) >= 11 is 0. The van der Waals surface area contributed by atoms with Crippen molar-refractivity contribution in [2.24, 2.45) is 0 Å². The van der Waals surface area contributed by atoms with Gasteiger partial charge in [0.15, 0.2) is 0 Å². The van der Waals surface area contributed by atoms with Crippen LogP contribution in [0.25, 0.3) is 0 Å². The maximum atomic E-state index is 8.81. The molecule has 0 saturated heterocycles. The van der Waals surface area contributed by atoms with Crippen LogP contribution in [0.15, 0.2) is 0 Å². The normalized spacial score (nSPS) is 1.86. The van der Waals surface area contributed by atoms with Gasteiger partial charge in [0.25, 0.3) is 0 Å². The molecule has 7 heavy (non-hydrogen) atoms. The second-order valence-electron chi connectivity index (χ2n) is 0.236. The Morgan fingerprint density at radius 1 is 1.29 bits per heavy atom. The first-order valence-electron chi connectivity index (χ1n) is 0.813. The summed E-state index contributed by atoms with van der Waals surface area (Å²) in [6, 6.07) is 0. The van der Waals surface area contributed by atoms with Crippen molar-refractivity contribution in [1.29, 1.82) is 0 Å². The fourth-order valence-corrected chi connectivity index (χ4v) is 0. The van der Waals surface area contributed by atoms with Gasteiger partial charge in [0.1, 0.15) is 6.29 Å². The topological polar surface area (TPSA) is 112 Å². The van der Waals surface area contributed by atoms with E-state index < -0.39 is 0 Å². The van der Waals surface area contributed by atoms with Gasteiger partial charge in [-0.1, -0.05) is 0 Å². The number of aldehydes is 1. The van der Waals surface area contributed by atoms with Crippen molar-refractivity contribution in [1.82, 2.24) is 0 Å². The van der Waals surface area contributed by atoms with E-state index in [9.17, 15) is 0 Å². The van der Waals surface area contributed by atoms with Crippen LogP contribution in [0.3, 0.4) is 0 Å². The van der Waals surface area contributed by atoms with Gasteiger partial charge in [-0.3, -0.25) is 0 Å². The van der Waals surface area contributed by atoms with Crippen LogP contribution >= 0.6 is 0 Å². The molecule has 0 aromatic heterocycles. The zero-order valence-electron chi connectivity index (χ0n) is 5.49. The summed E-state index contributed by atoms with van der Waals surface area (Å²) in [6.07, 6.45) is 0.750. The van der Waals surface area contributed by atoms with Crippen LogP contribution in [0, 0.1) is 0 Å². The van der Waals surface area contributed by atoms with Gasteiger partial charge in [0, 0.05) is 0 Å². The van der Waals surface area contributed by atoms with Gasteiger partial charge in [-0.2, -0.15) is 0 Å². The number of carbonyl (C=O) groups is 1. The second-order valence-corrected chi connectivity index (χ2v) is 0.236. The molecule has 0 aliphatic carbocycles. The molecule has 0 fully saturated rings. The Balaban J connectivity index is -0.00000000200. The minimum Gasteiger partial charge on any atom is -1.00 e. The minimum absolute atomic E-state index is 0. The molecule has 0 radical (unpaired) electrons. The number of hydrogen-bond acceptors (Lipinski definition) is 1. The average Bonchev–Trinajstić information content (AvgIpc) is 0.918. The Kier molecular flexibility index (Phi) is 598. The third-order valence-electron chi connectivity index (χ3n) is 0. The summed E-state index contributed by atoms with van der Waals surface area (Å²) in [5, 5.41) is 0. The summed E-state index contributed by atoms with van der Waals surface area (Å²) in [4.78, 5) is 8.81. The van der Waals surface area contributed by atoms with Crippen molar-refractivity contribution in [2.45, 2.75) is 6.92 Å². The molecular formula is C2H11NaO4. The molecule has 0 atom stereocenters. The predicted molar refractivity (Wildman–Crippen MR) is 23.7 cm³/mol. The minimum atomic E-state index is 0. The van der Waals surface area contributed by atoms with Crippen LogP contribution in [-0.2, 0) is 4.79 Å². The van der Waals surface area contributed by atoms with Crippen molar-refractivity contribution in [3.8, 4) is 0 Å². The van der Waals surface area contributed by atoms with Crippen LogP contribution < -0.4 is 29.6 Å². The van der Waals surface area contributed by atoms with Gasteiger partial charge in [-0.15, -0.1) is 0 Å². The smallest absolute Gasteiger partial charge is 1.00 e. The quantitative estimate of drug-likeness (QED) is 0.232. The fraction of sp³-hybridized carbons (Fsp3) is 0.500. The summed E-state index contributed by atoms with van der Waals surface area (Å²) in [5.41, 5.74) is 0. The molecule has 0 bridgehead atoms. The number of carbonyl (C=O) groups excluding carboxylic acids is 1. The van der Waals surface area contributed by atoms with Crippen molar-refractivity contribution < 1.29 is 52.2 Å². The summed E-state index contributed by atoms with van der Waals surface area (Å²) < 4.78 is 0. The molecular weight excluding hydrogens is 111 g/mol. The molecule has 0 rings (SSSR count). The average molecular weight is 122 g/mol. The van der Waals surface area contributed by atoms with Crippen molar-refractivity contribution in [3.05, 3.63) is 0 Å². The third kappa shape index (κ3) is 448. The van der Waals surface area contributed by atoms with E-state index in [1.807, 2.05) is 0 Å². The summed E-state index contributed by atoms with van der Waals surface area (Å²) in [6.45, 7) is 1.44. The Bertz CT molecular complexity index is 21.5. The fourth-order valence-electron chi connectivity index (χ4n) is 0. The van der Waals surface area contributed by atoms with E-state index in [0.717, 1.165) is 6.29 Å². The van der Waals surface area contributed by atoms with Crippen molar-refractivity contribution in [2.75, 3.05) is 0 Å². The number of hydrogen-bond donors (Lipinski definition) is 0. The van der Waals surface area contributed by atoms with Crippen LogP contribution in [0.2, 0.25) is 0 Å². The summed E-state index contributed by atoms with van der Waals surface area (Å²) in [7, 11) is 0. The Labute approximate surface area is 65.6 Å². The zero-order valence-corrected chi connectivity index (χ0v) is 6.49. The Hall–Kier alpha value is 0.550. The van der Waals surface area contributed by atoms with Crippen LogP contribution in [0.1, 0.15) is 8.35 Å². The van der Waals surface area contributed by atoms with Gasteiger partial charge >= 0.3 is 29.6 Å². The predicted octanol–water partition coefficient (Wildman–Crippen LogP) is -5.15.